The Hall–Kier alpha value is -0.0800. The van der Waals surface area contributed by atoms with Crippen molar-refractivity contribution in [1.82, 2.24) is 0 Å². The SMILES string of the molecule is CCCCCC1OC1CO. The summed E-state index contributed by atoms with van der Waals surface area (Å²) in [7, 11) is 0. The molecular weight excluding hydrogens is 128 g/mol. The molecule has 0 bridgehead atoms. The van der Waals surface area contributed by atoms with Gasteiger partial charge in [-0.1, -0.05) is 26.2 Å². The zero-order chi connectivity index (χ0) is 7.40. The molecule has 2 heteroatoms. The summed E-state index contributed by atoms with van der Waals surface area (Å²) in [6.07, 6.45) is 5.50. The van der Waals surface area contributed by atoms with Gasteiger partial charge in [0, 0.05) is 0 Å². The Morgan fingerprint density at radius 1 is 1.30 bits per heavy atom. The van der Waals surface area contributed by atoms with Crippen molar-refractivity contribution in [2.75, 3.05) is 6.61 Å². The minimum Gasteiger partial charge on any atom is -0.394 e. The van der Waals surface area contributed by atoms with Gasteiger partial charge >= 0.3 is 0 Å². The maximum absolute atomic E-state index is 8.61. The molecule has 1 fully saturated rings. The summed E-state index contributed by atoms with van der Waals surface area (Å²) in [5, 5.41) is 8.61. The molecule has 0 amide bonds. The fraction of sp³-hybridized carbons (Fsp3) is 1.00. The predicted octanol–water partition coefficient (Wildman–Crippen LogP) is 1.33. The first kappa shape index (κ1) is 8.02. The minimum atomic E-state index is 0.178. The first-order chi connectivity index (χ1) is 4.88. The third kappa shape index (κ3) is 2.27. The molecule has 0 radical (unpaired) electrons. The average Bonchev–Trinajstić information content (AvgIpc) is 2.68. The van der Waals surface area contributed by atoms with Gasteiger partial charge in [-0.3, -0.25) is 0 Å². The number of ether oxygens (including phenoxy) is 1. The van der Waals surface area contributed by atoms with Crippen molar-refractivity contribution in [3.8, 4) is 0 Å². The number of hydrogen-bond acceptors (Lipinski definition) is 2. The highest BCUT2D eigenvalue weighted by molar-refractivity contribution is 4.83. The van der Waals surface area contributed by atoms with Crippen LogP contribution in [0.15, 0.2) is 0 Å². The van der Waals surface area contributed by atoms with Crippen molar-refractivity contribution in [3.05, 3.63) is 0 Å². The van der Waals surface area contributed by atoms with E-state index >= 15 is 0 Å². The van der Waals surface area contributed by atoms with E-state index in [1.54, 1.807) is 0 Å². The normalized spacial score (nSPS) is 30.6. The highest BCUT2D eigenvalue weighted by Gasteiger charge is 2.36. The van der Waals surface area contributed by atoms with E-state index in [0.29, 0.717) is 6.10 Å². The molecule has 1 aliphatic rings. The average molecular weight is 144 g/mol. The van der Waals surface area contributed by atoms with Crippen LogP contribution in [0.2, 0.25) is 0 Å². The predicted molar refractivity (Wildman–Crippen MR) is 39.9 cm³/mol. The highest BCUT2D eigenvalue weighted by atomic mass is 16.6. The van der Waals surface area contributed by atoms with Gasteiger partial charge in [0.1, 0.15) is 6.10 Å². The molecule has 2 unspecified atom stereocenters. The largest absolute Gasteiger partial charge is 0.394 e. The number of epoxide rings is 1. The quantitative estimate of drug-likeness (QED) is 0.466. The van der Waals surface area contributed by atoms with Gasteiger partial charge in [0.05, 0.1) is 12.7 Å². The minimum absolute atomic E-state index is 0.178. The Labute approximate surface area is 62.2 Å². The van der Waals surface area contributed by atoms with E-state index in [4.69, 9.17) is 9.84 Å². The molecule has 0 aromatic heterocycles. The van der Waals surface area contributed by atoms with Crippen LogP contribution in [0.25, 0.3) is 0 Å². The van der Waals surface area contributed by atoms with Crippen LogP contribution in [0.5, 0.6) is 0 Å². The van der Waals surface area contributed by atoms with Crippen LogP contribution in [0, 0.1) is 0 Å². The Morgan fingerprint density at radius 3 is 2.60 bits per heavy atom. The zero-order valence-corrected chi connectivity index (χ0v) is 6.55. The zero-order valence-electron chi connectivity index (χ0n) is 6.55. The number of hydrogen-bond donors (Lipinski definition) is 1. The summed E-state index contributed by atoms with van der Waals surface area (Å²) >= 11 is 0. The van der Waals surface area contributed by atoms with Crippen LogP contribution in [0.4, 0.5) is 0 Å². The molecule has 0 aromatic carbocycles. The second-order valence-electron chi connectivity index (χ2n) is 2.89. The second-order valence-corrected chi connectivity index (χ2v) is 2.89. The monoisotopic (exact) mass is 144 g/mol. The molecule has 1 heterocycles. The van der Waals surface area contributed by atoms with E-state index < -0.39 is 0 Å². The van der Waals surface area contributed by atoms with E-state index in [1.807, 2.05) is 0 Å². The molecule has 1 aliphatic heterocycles. The van der Waals surface area contributed by atoms with E-state index in [1.165, 1.54) is 19.3 Å². The number of aliphatic hydroxyl groups excluding tert-OH is 1. The van der Waals surface area contributed by atoms with Crippen LogP contribution in [-0.4, -0.2) is 23.9 Å². The van der Waals surface area contributed by atoms with Gasteiger partial charge in [-0.05, 0) is 6.42 Å². The lowest BCUT2D eigenvalue weighted by molar-refractivity contribution is 0.241. The molecule has 0 saturated carbocycles. The fourth-order valence-corrected chi connectivity index (χ4v) is 1.19. The summed E-state index contributed by atoms with van der Waals surface area (Å²) in [5.74, 6) is 0. The van der Waals surface area contributed by atoms with Crippen LogP contribution in [0.1, 0.15) is 32.6 Å². The fourth-order valence-electron chi connectivity index (χ4n) is 1.19. The number of unbranched alkanes of at least 4 members (excludes halogenated alkanes) is 2. The molecule has 0 spiro atoms. The standard InChI is InChI=1S/C8H16O2/c1-2-3-4-5-7-8(6-9)10-7/h7-9H,2-6H2,1H3. The Bertz CT molecular complexity index is 93.3. The van der Waals surface area contributed by atoms with Crippen molar-refractivity contribution < 1.29 is 9.84 Å². The Balaban J connectivity index is 1.87. The Kier molecular flexibility index (Phi) is 3.16. The van der Waals surface area contributed by atoms with E-state index in [0.717, 1.165) is 6.42 Å². The summed E-state index contributed by atoms with van der Waals surface area (Å²) < 4.78 is 5.16. The summed E-state index contributed by atoms with van der Waals surface area (Å²) in [6, 6.07) is 0. The number of aliphatic hydroxyl groups is 1. The highest BCUT2D eigenvalue weighted by Crippen LogP contribution is 2.26. The van der Waals surface area contributed by atoms with Gasteiger partial charge in [0.25, 0.3) is 0 Å². The summed E-state index contributed by atoms with van der Waals surface area (Å²) in [6.45, 7) is 2.40. The van der Waals surface area contributed by atoms with Gasteiger partial charge in [-0.15, -0.1) is 0 Å². The molecule has 1 saturated heterocycles. The van der Waals surface area contributed by atoms with Crippen LogP contribution in [-0.2, 0) is 4.74 Å². The van der Waals surface area contributed by atoms with E-state index in [2.05, 4.69) is 6.92 Å². The summed E-state index contributed by atoms with van der Waals surface area (Å²) in [4.78, 5) is 0. The molecule has 1 rings (SSSR count). The maximum atomic E-state index is 8.61. The summed E-state index contributed by atoms with van der Waals surface area (Å²) in [5.41, 5.74) is 0. The lowest BCUT2D eigenvalue weighted by atomic mass is 10.1. The van der Waals surface area contributed by atoms with Gasteiger partial charge in [-0.2, -0.15) is 0 Å². The molecule has 0 aliphatic carbocycles. The van der Waals surface area contributed by atoms with Gasteiger partial charge < -0.3 is 9.84 Å². The molecular formula is C8H16O2. The van der Waals surface area contributed by atoms with Crippen molar-refractivity contribution >= 4 is 0 Å². The van der Waals surface area contributed by atoms with E-state index in [-0.39, 0.29) is 12.7 Å². The lowest BCUT2D eigenvalue weighted by Gasteiger charge is -1.92. The van der Waals surface area contributed by atoms with Crippen molar-refractivity contribution in [2.24, 2.45) is 0 Å². The van der Waals surface area contributed by atoms with Gasteiger partial charge in [0.2, 0.25) is 0 Å². The topological polar surface area (TPSA) is 32.8 Å². The lowest BCUT2D eigenvalue weighted by Crippen LogP contribution is -1.98. The first-order valence-corrected chi connectivity index (χ1v) is 4.14. The van der Waals surface area contributed by atoms with E-state index in [9.17, 15) is 0 Å². The molecule has 0 aromatic rings. The van der Waals surface area contributed by atoms with Crippen molar-refractivity contribution in [3.63, 3.8) is 0 Å². The molecule has 1 N–H and O–H groups in total. The second kappa shape index (κ2) is 3.94. The van der Waals surface area contributed by atoms with Crippen LogP contribution < -0.4 is 0 Å². The smallest absolute Gasteiger partial charge is 0.107 e. The first-order valence-electron chi connectivity index (χ1n) is 4.14. The molecule has 60 valence electrons. The molecule has 2 nitrogen and oxygen atoms in total. The Morgan fingerprint density at radius 2 is 2.10 bits per heavy atom. The maximum Gasteiger partial charge on any atom is 0.107 e. The number of rotatable bonds is 5. The third-order valence-electron chi connectivity index (χ3n) is 1.96. The van der Waals surface area contributed by atoms with Crippen molar-refractivity contribution in [1.29, 1.82) is 0 Å². The van der Waals surface area contributed by atoms with Gasteiger partial charge in [-0.25, -0.2) is 0 Å². The van der Waals surface area contributed by atoms with Gasteiger partial charge in [0.15, 0.2) is 0 Å². The molecule has 10 heavy (non-hydrogen) atoms. The van der Waals surface area contributed by atoms with Crippen LogP contribution in [0.3, 0.4) is 0 Å². The third-order valence-corrected chi connectivity index (χ3v) is 1.96. The van der Waals surface area contributed by atoms with Crippen molar-refractivity contribution in [2.45, 2.75) is 44.8 Å². The molecule has 2 atom stereocenters. The van der Waals surface area contributed by atoms with Crippen LogP contribution >= 0.6 is 0 Å².